The normalized spacial score (nSPS) is 22.6. The molecule has 0 bridgehead atoms. The Morgan fingerprint density at radius 2 is 1.84 bits per heavy atom. The number of sulfonamides is 1. The van der Waals surface area contributed by atoms with Crippen molar-refractivity contribution in [2.45, 2.75) is 31.1 Å². The summed E-state index contributed by atoms with van der Waals surface area (Å²) < 4.78 is 29.3. The number of rotatable bonds is 5. The second kappa shape index (κ2) is 6.90. The SMILES string of the molecule is O=S(=O)([C@H]1CCN(Cc2nccn2-c2ccccc2)C1)N1CCCC1. The van der Waals surface area contributed by atoms with E-state index in [4.69, 9.17) is 0 Å². The van der Waals surface area contributed by atoms with E-state index in [1.54, 1.807) is 10.5 Å². The topological polar surface area (TPSA) is 58.4 Å². The van der Waals surface area contributed by atoms with Gasteiger partial charge in [0.25, 0.3) is 0 Å². The third kappa shape index (κ3) is 3.36. The van der Waals surface area contributed by atoms with E-state index in [2.05, 4.69) is 26.6 Å². The van der Waals surface area contributed by atoms with Crippen LogP contribution < -0.4 is 0 Å². The first-order chi connectivity index (χ1) is 12.1. The van der Waals surface area contributed by atoms with Crippen molar-refractivity contribution < 1.29 is 8.42 Å². The van der Waals surface area contributed by atoms with Crippen molar-refractivity contribution >= 4 is 10.0 Å². The summed E-state index contributed by atoms with van der Waals surface area (Å²) in [5.74, 6) is 0.949. The summed E-state index contributed by atoms with van der Waals surface area (Å²) in [6.45, 7) is 3.46. The maximum Gasteiger partial charge on any atom is 0.218 e. The quantitative estimate of drug-likeness (QED) is 0.817. The third-order valence-electron chi connectivity index (χ3n) is 5.19. The molecule has 0 saturated carbocycles. The van der Waals surface area contributed by atoms with Gasteiger partial charge in [-0.25, -0.2) is 17.7 Å². The lowest BCUT2D eigenvalue weighted by Gasteiger charge is -2.21. The molecule has 6 nitrogen and oxygen atoms in total. The molecule has 2 aliphatic heterocycles. The molecule has 25 heavy (non-hydrogen) atoms. The van der Waals surface area contributed by atoms with E-state index in [1.807, 2.05) is 24.4 Å². The second-order valence-corrected chi connectivity index (χ2v) is 9.06. The Bertz CT molecular complexity index is 813. The smallest absolute Gasteiger partial charge is 0.218 e. The monoisotopic (exact) mass is 360 g/mol. The molecule has 2 aliphatic rings. The lowest BCUT2D eigenvalue weighted by molar-refractivity contribution is 0.319. The average molecular weight is 360 g/mol. The average Bonchev–Trinajstić information content (AvgIpc) is 3.38. The number of hydrogen-bond donors (Lipinski definition) is 0. The van der Waals surface area contributed by atoms with Gasteiger partial charge in [0.1, 0.15) is 5.82 Å². The van der Waals surface area contributed by atoms with Crippen molar-refractivity contribution in [2.75, 3.05) is 26.2 Å². The molecule has 0 unspecified atom stereocenters. The lowest BCUT2D eigenvalue weighted by Crippen LogP contribution is -2.38. The minimum Gasteiger partial charge on any atom is -0.303 e. The zero-order valence-corrected chi connectivity index (χ0v) is 15.1. The van der Waals surface area contributed by atoms with E-state index in [0.29, 0.717) is 32.6 Å². The summed E-state index contributed by atoms with van der Waals surface area (Å²) in [5.41, 5.74) is 1.08. The maximum absolute atomic E-state index is 12.7. The van der Waals surface area contributed by atoms with Gasteiger partial charge in [0.2, 0.25) is 10.0 Å². The van der Waals surface area contributed by atoms with Gasteiger partial charge < -0.3 is 4.57 Å². The van der Waals surface area contributed by atoms with Gasteiger partial charge in [0.15, 0.2) is 0 Å². The highest BCUT2D eigenvalue weighted by Crippen LogP contribution is 2.25. The largest absolute Gasteiger partial charge is 0.303 e. The molecular formula is C18H24N4O2S. The predicted octanol–water partition coefficient (Wildman–Crippen LogP) is 1.87. The van der Waals surface area contributed by atoms with E-state index in [1.165, 1.54) is 0 Å². The number of imidazole rings is 1. The Labute approximate surface area is 149 Å². The highest BCUT2D eigenvalue weighted by molar-refractivity contribution is 7.89. The van der Waals surface area contributed by atoms with Crippen LogP contribution in [0.15, 0.2) is 42.7 Å². The van der Waals surface area contributed by atoms with Crippen LogP contribution in [-0.2, 0) is 16.6 Å². The van der Waals surface area contributed by atoms with Gasteiger partial charge in [-0.2, -0.15) is 0 Å². The number of benzene rings is 1. The molecule has 4 rings (SSSR count). The van der Waals surface area contributed by atoms with Crippen molar-refractivity contribution in [3.63, 3.8) is 0 Å². The molecule has 0 aliphatic carbocycles. The van der Waals surface area contributed by atoms with Crippen LogP contribution in [0.4, 0.5) is 0 Å². The Hall–Kier alpha value is -1.70. The van der Waals surface area contributed by atoms with Crippen LogP contribution in [0.2, 0.25) is 0 Å². The van der Waals surface area contributed by atoms with E-state index < -0.39 is 10.0 Å². The van der Waals surface area contributed by atoms with Crippen LogP contribution in [0.1, 0.15) is 25.1 Å². The summed E-state index contributed by atoms with van der Waals surface area (Å²) in [5, 5.41) is -0.272. The number of likely N-dealkylation sites (tertiary alicyclic amines) is 1. The van der Waals surface area contributed by atoms with Crippen molar-refractivity contribution in [1.82, 2.24) is 18.8 Å². The summed E-state index contributed by atoms with van der Waals surface area (Å²) in [6, 6.07) is 10.1. The maximum atomic E-state index is 12.7. The molecule has 0 N–H and O–H groups in total. The lowest BCUT2D eigenvalue weighted by atomic mass is 10.3. The van der Waals surface area contributed by atoms with E-state index >= 15 is 0 Å². The summed E-state index contributed by atoms with van der Waals surface area (Å²) >= 11 is 0. The molecule has 2 aromatic rings. The van der Waals surface area contributed by atoms with E-state index in [0.717, 1.165) is 30.9 Å². The Kier molecular flexibility index (Phi) is 4.62. The number of nitrogens with zero attached hydrogens (tertiary/aromatic N) is 4. The molecule has 134 valence electrons. The van der Waals surface area contributed by atoms with Gasteiger partial charge in [0, 0.05) is 44.3 Å². The standard InChI is InChI=1S/C18H24N4O2S/c23-25(24,21-10-4-5-11-21)17-8-12-20(14-17)15-18-19-9-13-22(18)16-6-2-1-3-7-16/h1-3,6-7,9,13,17H,4-5,8,10-12,14-15H2/t17-/m0/s1. The highest BCUT2D eigenvalue weighted by Gasteiger charge is 2.38. The Morgan fingerprint density at radius 1 is 1.08 bits per heavy atom. The fourth-order valence-electron chi connectivity index (χ4n) is 3.81. The molecule has 1 atom stereocenters. The zero-order chi connectivity index (χ0) is 17.3. The molecular weight excluding hydrogens is 336 g/mol. The fraction of sp³-hybridized carbons (Fsp3) is 0.500. The number of aromatic nitrogens is 2. The Balaban J connectivity index is 1.45. The van der Waals surface area contributed by atoms with Gasteiger partial charge in [-0.15, -0.1) is 0 Å². The van der Waals surface area contributed by atoms with E-state index in [9.17, 15) is 8.42 Å². The molecule has 0 amide bonds. The molecule has 0 radical (unpaired) electrons. The van der Waals surface area contributed by atoms with Crippen molar-refractivity contribution in [3.8, 4) is 5.69 Å². The fourth-order valence-corrected chi connectivity index (χ4v) is 5.80. The van der Waals surface area contributed by atoms with Crippen molar-refractivity contribution in [2.24, 2.45) is 0 Å². The van der Waals surface area contributed by atoms with Crippen LogP contribution in [0.3, 0.4) is 0 Å². The zero-order valence-electron chi connectivity index (χ0n) is 14.3. The van der Waals surface area contributed by atoms with Crippen LogP contribution in [0.25, 0.3) is 5.69 Å². The van der Waals surface area contributed by atoms with Crippen LogP contribution in [-0.4, -0.2) is 58.6 Å². The summed E-state index contributed by atoms with van der Waals surface area (Å²) in [7, 11) is -3.15. The van der Waals surface area contributed by atoms with Crippen LogP contribution in [0.5, 0.6) is 0 Å². The van der Waals surface area contributed by atoms with Gasteiger partial charge in [-0.3, -0.25) is 4.90 Å². The highest BCUT2D eigenvalue weighted by atomic mass is 32.2. The predicted molar refractivity (Wildman–Crippen MR) is 97.0 cm³/mol. The summed E-state index contributed by atoms with van der Waals surface area (Å²) in [6.07, 6.45) is 6.45. The van der Waals surface area contributed by atoms with Gasteiger partial charge in [-0.05, 0) is 31.4 Å². The van der Waals surface area contributed by atoms with Crippen LogP contribution >= 0.6 is 0 Å². The number of para-hydroxylation sites is 1. The molecule has 7 heteroatoms. The van der Waals surface area contributed by atoms with Gasteiger partial charge >= 0.3 is 0 Å². The summed E-state index contributed by atoms with van der Waals surface area (Å²) in [4.78, 5) is 6.69. The minimum atomic E-state index is -3.15. The van der Waals surface area contributed by atoms with Gasteiger partial charge in [-0.1, -0.05) is 18.2 Å². The molecule has 1 aromatic carbocycles. The first kappa shape index (κ1) is 16.8. The van der Waals surface area contributed by atoms with E-state index in [-0.39, 0.29) is 5.25 Å². The van der Waals surface area contributed by atoms with Crippen molar-refractivity contribution in [1.29, 1.82) is 0 Å². The molecule has 1 aromatic heterocycles. The first-order valence-electron chi connectivity index (χ1n) is 8.93. The van der Waals surface area contributed by atoms with Crippen molar-refractivity contribution in [3.05, 3.63) is 48.5 Å². The third-order valence-corrected chi connectivity index (χ3v) is 7.50. The van der Waals surface area contributed by atoms with Gasteiger partial charge in [0.05, 0.1) is 11.8 Å². The Morgan fingerprint density at radius 3 is 2.60 bits per heavy atom. The van der Waals surface area contributed by atoms with Crippen LogP contribution in [0, 0.1) is 0 Å². The first-order valence-corrected chi connectivity index (χ1v) is 10.4. The molecule has 3 heterocycles. The second-order valence-electron chi connectivity index (χ2n) is 6.85. The molecule has 2 saturated heterocycles. The molecule has 0 spiro atoms. The number of hydrogen-bond acceptors (Lipinski definition) is 4. The molecule has 2 fully saturated rings. The minimum absolute atomic E-state index is 0.272.